The van der Waals surface area contributed by atoms with Crippen LogP contribution in [0.1, 0.15) is 43.4 Å². The van der Waals surface area contributed by atoms with Crippen LogP contribution in [0.4, 0.5) is 0 Å². The Balaban J connectivity index is 1.94. The van der Waals surface area contributed by atoms with E-state index in [1.54, 1.807) is 23.1 Å². The van der Waals surface area contributed by atoms with Crippen LogP contribution in [0.25, 0.3) is 0 Å². The van der Waals surface area contributed by atoms with E-state index in [4.69, 9.17) is 27.9 Å². The second-order valence-corrected chi connectivity index (χ2v) is 9.68. The van der Waals surface area contributed by atoms with Gasteiger partial charge in [0.2, 0.25) is 5.91 Å². The SMILES string of the molecule is CCNC(=O)C(Cc1ccccc1)N(Cc1ccc(Cl)cc1Cl)C(=O)COc1ccccc1C(C)C. The van der Waals surface area contributed by atoms with Gasteiger partial charge in [-0.25, -0.2) is 0 Å². The maximum atomic E-state index is 13.7. The van der Waals surface area contributed by atoms with Gasteiger partial charge in [0.1, 0.15) is 11.8 Å². The molecular formula is C29H32Cl2N2O3. The van der Waals surface area contributed by atoms with Crippen LogP contribution in [0.3, 0.4) is 0 Å². The standard InChI is InChI=1S/C29H32Cl2N2O3/c1-4-32-29(35)26(16-21-10-6-5-7-11-21)33(18-22-14-15-23(30)17-25(22)31)28(34)19-36-27-13-9-8-12-24(27)20(2)3/h5-15,17,20,26H,4,16,18-19H2,1-3H3,(H,32,35). The van der Waals surface area contributed by atoms with Crippen molar-refractivity contribution in [2.75, 3.05) is 13.2 Å². The van der Waals surface area contributed by atoms with Crippen LogP contribution >= 0.6 is 23.2 Å². The zero-order valence-corrected chi connectivity index (χ0v) is 22.4. The molecule has 1 atom stereocenters. The predicted octanol–water partition coefficient (Wildman–Crippen LogP) is 6.27. The fourth-order valence-electron chi connectivity index (χ4n) is 3.99. The molecule has 3 aromatic rings. The second-order valence-electron chi connectivity index (χ2n) is 8.84. The van der Waals surface area contributed by atoms with Gasteiger partial charge in [0.25, 0.3) is 5.91 Å². The summed E-state index contributed by atoms with van der Waals surface area (Å²) in [7, 11) is 0. The number of benzene rings is 3. The molecule has 3 aromatic carbocycles. The summed E-state index contributed by atoms with van der Waals surface area (Å²) < 4.78 is 5.99. The number of nitrogens with zero attached hydrogens (tertiary/aromatic N) is 1. The molecule has 2 amide bonds. The lowest BCUT2D eigenvalue weighted by atomic mass is 10.0. The topological polar surface area (TPSA) is 58.6 Å². The molecule has 0 spiro atoms. The molecule has 0 aliphatic carbocycles. The van der Waals surface area contributed by atoms with Crippen LogP contribution in [0.5, 0.6) is 5.75 Å². The largest absolute Gasteiger partial charge is 0.483 e. The Bertz CT molecular complexity index is 1170. The van der Waals surface area contributed by atoms with Crippen LogP contribution in [0, 0.1) is 0 Å². The molecule has 0 radical (unpaired) electrons. The highest BCUT2D eigenvalue weighted by molar-refractivity contribution is 6.35. The molecule has 0 saturated carbocycles. The van der Waals surface area contributed by atoms with Crippen LogP contribution in [-0.4, -0.2) is 35.9 Å². The van der Waals surface area contributed by atoms with Gasteiger partial charge in [0.15, 0.2) is 6.61 Å². The van der Waals surface area contributed by atoms with Gasteiger partial charge in [0.05, 0.1) is 0 Å². The summed E-state index contributed by atoms with van der Waals surface area (Å²) in [6.07, 6.45) is 0.353. The van der Waals surface area contributed by atoms with E-state index in [2.05, 4.69) is 19.2 Å². The molecular weight excluding hydrogens is 495 g/mol. The highest BCUT2D eigenvalue weighted by Gasteiger charge is 2.31. The lowest BCUT2D eigenvalue weighted by Gasteiger charge is -2.31. The minimum atomic E-state index is -0.754. The zero-order valence-electron chi connectivity index (χ0n) is 20.8. The third-order valence-electron chi connectivity index (χ3n) is 5.87. The lowest BCUT2D eigenvalue weighted by molar-refractivity contribution is -0.142. The summed E-state index contributed by atoms with van der Waals surface area (Å²) in [6, 6.07) is 21.7. The van der Waals surface area contributed by atoms with Crippen molar-refractivity contribution in [3.05, 3.63) is 99.5 Å². The van der Waals surface area contributed by atoms with Crippen LogP contribution in [0.15, 0.2) is 72.8 Å². The van der Waals surface area contributed by atoms with E-state index in [-0.39, 0.29) is 30.9 Å². The Hall–Kier alpha value is -3.02. The van der Waals surface area contributed by atoms with Crippen molar-refractivity contribution < 1.29 is 14.3 Å². The van der Waals surface area contributed by atoms with E-state index in [0.717, 1.165) is 11.1 Å². The molecule has 1 unspecified atom stereocenters. The number of carbonyl (C=O) groups excluding carboxylic acids is 2. The molecule has 5 nitrogen and oxygen atoms in total. The van der Waals surface area contributed by atoms with E-state index in [0.29, 0.717) is 34.3 Å². The van der Waals surface area contributed by atoms with Crippen molar-refractivity contribution in [1.82, 2.24) is 10.2 Å². The van der Waals surface area contributed by atoms with E-state index in [9.17, 15) is 9.59 Å². The first-order chi connectivity index (χ1) is 17.3. The van der Waals surface area contributed by atoms with E-state index in [1.807, 2.05) is 61.5 Å². The summed E-state index contributed by atoms with van der Waals surface area (Å²) in [5.41, 5.74) is 2.65. The quantitative estimate of drug-likeness (QED) is 0.320. The molecule has 36 heavy (non-hydrogen) atoms. The van der Waals surface area contributed by atoms with Gasteiger partial charge in [0, 0.05) is 29.6 Å². The number of carbonyl (C=O) groups is 2. The minimum absolute atomic E-state index is 0.138. The molecule has 0 saturated heterocycles. The monoisotopic (exact) mass is 526 g/mol. The third kappa shape index (κ3) is 7.49. The predicted molar refractivity (Wildman–Crippen MR) is 146 cm³/mol. The van der Waals surface area contributed by atoms with Crippen molar-refractivity contribution in [2.24, 2.45) is 0 Å². The first-order valence-electron chi connectivity index (χ1n) is 12.1. The highest BCUT2D eigenvalue weighted by atomic mass is 35.5. The van der Waals surface area contributed by atoms with Gasteiger partial charge in [-0.3, -0.25) is 9.59 Å². The number of hydrogen-bond donors (Lipinski definition) is 1. The fourth-order valence-corrected chi connectivity index (χ4v) is 4.46. The lowest BCUT2D eigenvalue weighted by Crippen LogP contribution is -2.51. The Morgan fingerprint density at radius 3 is 2.33 bits per heavy atom. The van der Waals surface area contributed by atoms with E-state index < -0.39 is 6.04 Å². The smallest absolute Gasteiger partial charge is 0.261 e. The van der Waals surface area contributed by atoms with Crippen molar-refractivity contribution in [2.45, 2.75) is 45.7 Å². The van der Waals surface area contributed by atoms with E-state index in [1.165, 1.54) is 0 Å². The molecule has 190 valence electrons. The molecule has 0 heterocycles. The number of amides is 2. The van der Waals surface area contributed by atoms with Gasteiger partial charge < -0.3 is 15.0 Å². The minimum Gasteiger partial charge on any atom is -0.483 e. The van der Waals surface area contributed by atoms with Crippen molar-refractivity contribution in [3.8, 4) is 5.75 Å². The fraction of sp³-hybridized carbons (Fsp3) is 0.310. The zero-order chi connectivity index (χ0) is 26.1. The molecule has 0 fully saturated rings. The van der Waals surface area contributed by atoms with Crippen LogP contribution in [-0.2, 0) is 22.6 Å². The number of para-hydroxylation sites is 1. The first-order valence-corrected chi connectivity index (χ1v) is 12.8. The molecule has 1 N–H and O–H groups in total. The van der Waals surface area contributed by atoms with Crippen molar-refractivity contribution in [3.63, 3.8) is 0 Å². The maximum Gasteiger partial charge on any atom is 0.261 e. The molecule has 3 rings (SSSR count). The summed E-state index contributed by atoms with van der Waals surface area (Å²) in [6.45, 7) is 6.38. The van der Waals surface area contributed by atoms with Gasteiger partial charge in [-0.05, 0) is 47.7 Å². The summed E-state index contributed by atoms with van der Waals surface area (Å²) in [5.74, 6) is 0.346. The summed E-state index contributed by atoms with van der Waals surface area (Å²) in [4.78, 5) is 28.5. The van der Waals surface area contributed by atoms with Gasteiger partial charge >= 0.3 is 0 Å². The van der Waals surface area contributed by atoms with Gasteiger partial charge in [-0.15, -0.1) is 0 Å². The molecule has 0 bridgehead atoms. The van der Waals surface area contributed by atoms with Gasteiger partial charge in [-0.1, -0.05) is 91.6 Å². The number of halogens is 2. The number of rotatable bonds is 11. The van der Waals surface area contributed by atoms with E-state index >= 15 is 0 Å². The Morgan fingerprint density at radius 1 is 0.972 bits per heavy atom. The maximum absolute atomic E-state index is 13.7. The van der Waals surface area contributed by atoms with Crippen LogP contribution in [0.2, 0.25) is 10.0 Å². The number of likely N-dealkylation sites (N-methyl/N-ethyl adjacent to an activating group) is 1. The van der Waals surface area contributed by atoms with Gasteiger partial charge in [-0.2, -0.15) is 0 Å². The van der Waals surface area contributed by atoms with Crippen LogP contribution < -0.4 is 10.1 Å². The first kappa shape index (κ1) is 27.6. The molecule has 0 aliphatic heterocycles. The highest BCUT2D eigenvalue weighted by Crippen LogP contribution is 2.27. The summed E-state index contributed by atoms with van der Waals surface area (Å²) >= 11 is 12.5. The number of ether oxygens (including phenoxy) is 1. The Labute approximate surface area is 223 Å². The third-order valence-corrected chi connectivity index (χ3v) is 6.46. The average Bonchev–Trinajstić information content (AvgIpc) is 2.86. The van der Waals surface area contributed by atoms with Crippen molar-refractivity contribution >= 4 is 35.0 Å². The Kier molecular flexibility index (Phi) is 10.2. The number of nitrogens with one attached hydrogen (secondary N) is 1. The summed E-state index contributed by atoms with van der Waals surface area (Å²) in [5, 5.41) is 3.81. The molecule has 0 aliphatic rings. The number of hydrogen-bond acceptors (Lipinski definition) is 3. The normalized spacial score (nSPS) is 11.7. The molecule has 0 aromatic heterocycles. The average molecular weight is 527 g/mol. The Morgan fingerprint density at radius 2 is 1.67 bits per heavy atom. The second kappa shape index (κ2) is 13.3. The van der Waals surface area contributed by atoms with Crippen molar-refractivity contribution in [1.29, 1.82) is 0 Å². The molecule has 7 heteroatoms.